The molecule has 1 aliphatic heterocycles. The van der Waals surface area contributed by atoms with Gasteiger partial charge in [-0.2, -0.15) is 4.98 Å². The van der Waals surface area contributed by atoms with Crippen LogP contribution >= 0.6 is 0 Å². The molecule has 2 aliphatic rings. The minimum absolute atomic E-state index is 0.101. The lowest BCUT2D eigenvalue weighted by atomic mass is 9.78. The van der Waals surface area contributed by atoms with Crippen LogP contribution in [0.25, 0.3) is 11.1 Å². The Bertz CT molecular complexity index is 1100. The van der Waals surface area contributed by atoms with E-state index in [1.54, 1.807) is 12.1 Å². The minimum atomic E-state index is -0.511. The molecule has 5 rings (SSSR count). The summed E-state index contributed by atoms with van der Waals surface area (Å²) in [5.41, 5.74) is 2.81. The molecule has 0 radical (unpaired) electrons. The van der Waals surface area contributed by atoms with Crippen molar-refractivity contribution in [3.05, 3.63) is 59.9 Å². The topological polar surface area (TPSA) is 79.9 Å². The zero-order chi connectivity index (χ0) is 19.1. The number of ketones is 1. The molecule has 7 heteroatoms. The number of benzene rings is 2. The van der Waals surface area contributed by atoms with Crippen LogP contribution in [-0.4, -0.2) is 22.4 Å². The monoisotopic (exact) mass is 376 g/mol. The third-order valence-corrected chi connectivity index (χ3v) is 5.09. The Morgan fingerprint density at radius 1 is 1.11 bits per heavy atom. The van der Waals surface area contributed by atoms with E-state index < -0.39 is 12.0 Å². The number of halogens is 1. The first kappa shape index (κ1) is 16.8. The maximum absolute atomic E-state index is 13.8. The highest BCUT2D eigenvalue weighted by Gasteiger charge is 2.39. The van der Waals surface area contributed by atoms with Gasteiger partial charge in [-0.25, -0.2) is 14.4 Å². The van der Waals surface area contributed by atoms with Crippen molar-refractivity contribution in [1.82, 2.24) is 4.98 Å². The number of aliphatic imine (C=N–C) groups is 2. The molecule has 3 aromatic rings. The first-order valence-electron chi connectivity index (χ1n) is 9.23. The molecule has 2 unspecified atom stereocenters. The number of carbonyl (C=O) groups excluding carboxylic acids is 1. The van der Waals surface area contributed by atoms with Crippen molar-refractivity contribution >= 4 is 34.6 Å². The average molecular weight is 376 g/mol. The van der Waals surface area contributed by atoms with Crippen LogP contribution in [0.15, 0.2) is 62.9 Å². The minimum Gasteiger partial charge on any atom is -0.423 e. The van der Waals surface area contributed by atoms with Gasteiger partial charge in [-0.05, 0) is 42.7 Å². The summed E-state index contributed by atoms with van der Waals surface area (Å²) in [5.74, 6) is -0.371. The predicted molar refractivity (Wildman–Crippen MR) is 104 cm³/mol. The van der Waals surface area contributed by atoms with Crippen LogP contribution in [0.3, 0.4) is 0 Å². The maximum Gasteiger partial charge on any atom is 0.302 e. The molecule has 2 atom stereocenters. The lowest BCUT2D eigenvalue weighted by Gasteiger charge is -2.31. The Balaban J connectivity index is 1.53. The lowest BCUT2D eigenvalue weighted by molar-refractivity contribution is -0.122. The van der Waals surface area contributed by atoms with Crippen LogP contribution < -0.4 is 5.32 Å². The van der Waals surface area contributed by atoms with E-state index in [1.165, 1.54) is 12.1 Å². The fourth-order valence-electron chi connectivity index (χ4n) is 3.83. The number of rotatable bonds is 2. The number of anilines is 1. The first-order chi connectivity index (χ1) is 13.7. The van der Waals surface area contributed by atoms with Gasteiger partial charge in [-0.3, -0.25) is 10.1 Å². The summed E-state index contributed by atoms with van der Waals surface area (Å²) in [6.45, 7) is 0. The molecule has 0 saturated heterocycles. The number of Topliss-reactive ketones (excluding diaryl/α,β-unsaturated/α-hetero) is 1. The molecule has 6 nitrogen and oxygen atoms in total. The number of carbonyl (C=O) groups is 1. The maximum atomic E-state index is 13.8. The SMILES string of the molecule is O=C1CCCC2=NC(Nc3nc4ccccc4o3)=NC(c3cccc(F)c3)C12. The van der Waals surface area contributed by atoms with E-state index in [1.807, 2.05) is 24.3 Å². The summed E-state index contributed by atoms with van der Waals surface area (Å²) in [6.07, 6.45) is 1.98. The molecule has 2 aromatic carbocycles. The molecular weight excluding hydrogens is 359 g/mol. The number of nitrogens with zero attached hydrogens (tertiary/aromatic N) is 3. The standard InChI is InChI=1S/C21H17FN4O2/c22-13-6-3-5-12(11-13)19-18-15(8-4-9-16(18)27)23-20(25-19)26-21-24-14-7-1-2-10-17(14)28-21/h1-3,5-7,10-11,18-19H,4,8-9H2,(H,24,25,26). The molecule has 0 bridgehead atoms. The third kappa shape index (κ3) is 2.98. The van der Waals surface area contributed by atoms with Gasteiger partial charge in [-0.1, -0.05) is 24.3 Å². The molecule has 1 aromatic heterocycles. The highest BCUT2D eigenvalue weighted by Crippen LogP contribution is 2.36. The highest BCUT2D eigenvalue weighted by atomic mass is 19.1. The van der Waals surface area contributed by atoms with Crippen LogP contribution in [-0.2, 0) is 4.79 Å². The van der Waals surface area contributed by atoms with Crippen LogP contribution in [0.2, 0.25) is 0 Å². The van der Waals surface area contributed by atoms with Crippen LogP contribution in [0.1, 0.15) is 30.9 Å². The van der Waals surface area contributed by atoms with Crippen molar-refractivity contribution in [3.63, 3.8) is 0 Å². The van der Waals surface area contributed by atoms with Crippen molar-refractivity contribution in [2.75, 3.05) is 5.32 Å². The largest absolute Gasteiger partial charge is 0.423 e. The number of oxazole rings is 1. The fourth-order valence-corrected chi connectivity index (χ4v) is 3.83. The zero-order valence-corrected chi connectivity index (χ0v) is 14.9. The molecule has 0 spiro atoms. The average Bonchev–Trinajstić information content (AvgIpc) is 3.10. The van der Waals surface area contributed by atoms with E-state index in [0.717, 1.165) is 24.1 Å². The second-order valence-corrected chi connectivity index (χ2v) is 6.96. The summed E-state index contributed by atoms with van der Waals surface area (Å²) < 4.78 is 19.5. The number of para-hydroxylation sites is 2. The second-order valence-electron chi connectivity index (χ2n) is 6.96. The van der Waals surface area contributed by atoms with Crippen LogP contribution in [0, 0.1) is 11.7 Å². The molecule has 1 saturated carbocycles. The summed E-state index contributed by atoms with van der Waals surface area (Å²) in [7, 11) is 0. The Morgan fingerprint density at radius 3 is 2.86 bits per heavy atom. The Morgan fingerprint density at radius 2 is 2.00 bits per heavy atom. The number of hydrogen-bond donors (Lipinski definition) is 1. The number of hydrogen-bond acceptors (Lipinski definition) is 6. The number of nitrogens with one attached hydrogen (secondary N) is 1. The van der Waals surface area contributed by atoms with E-state index in [2.05, 4.69) is 20.3 Å². The van der Waals surface area contributed by atoms with Gasteiger partial charge < -0.3 is 4.42 Å². The molecule has 0 amide bonds. The van der Waals surface area contributed by atoms with Crippen molar-refractivity contribution in [2.24, 2.45) is 15.9 Å². The molecule has 1 N–H and O–H groups in total. The third-order valence-electron chi connectivity index (χ3n) is 5.09. The summed E-state index contributed by atoms with van der Waals surface area (Å²) >= 11 is 0. The summed E-state index contributed by atoms with van der Waals surface area (Å²) in [5, 5.41) is 3.01. The normalized spacial score (nSPS) is 21.8. The smallest absolute Gasteiger partial charge is 0.302 e. The lowest BCUT2D eigenvalue weighted by Crippen LogP contribution is -2.37. The Kier molecular flexibility index (Phi) is 4.00. The van der Waals surface area contributed by atoms with Gasteiger partial charge in [0.1, 0.15) is 17.1 Å². The van der Waals surface area contributed by atoms with Gasteiger partial charge in [-0.15, -0.1) is 0 Å². The molecule has 1 aliphatic carbocycles. The molecule has 2 heterocycles. The predicted octanol–water partition coefficient (Wildman–Crippen LogP) is 4.30. The van der Waals surface area contributed by atoms with Crippen LogP contribution in [0.4, 0.5) is 10.4 Å². The number of fused-ring (bicyclic) bond motifs is 2. The van der Waals surface area contributed by atoms with Gasteiger partial charge in [0, 0.05) is 12.1 Å². The summed E-state index contributed by atoms with van der Waals surface area (Å²) in [6, 6.07) is 13.4. The van der Waals surface area contributed by atoms with E-state index in [0.29, 0.717) is 23.5 Å². The van der Waals surface area contributed by atoms with E-state index in [4.69, 9.17) is 4.42 Å². The molecular formula is C21H17FN4O2. The van der Waals surface area contributed by atoms with E-state index >= 15 is 0 Å². The highest BCUT2D eigenvalue weighted by molar-refractivity contribution is 6.14. The van der Waals surface area contributed by atoms with Crippen molar-refractivity contribution in [2.45, 2.75) is 25.3 Å². The van der Waals surface area contributed by atoms with Gasteiger partial charge in [0.2, 0.25) is 5.96 Å². The fraction of sp³-hybridized carbons (Fsp3) is 0.238. The zero-order valence-electron chi connectivity index (χ0n) is 14.9. The summed E-state index contributed by atoms with van der Waals surface area (Å²) in [4.78, 5) is 26.2. The number of guanidine groups is 1. The van der Waals surface area contributed by atoms with Crippen molar-refractivity contribution in [3.8, 4) is 0 Å². The van der Waals surface area contributed by atoms with Gasteiger partial charge in [0.25, 0.3) is 0 Å². The van der Waals surface area contributed by atoms with Crippen molar-refractivity contribution in [1.29, 1.82) is 0 Å². The second kappa shape index (κ2) is 6.67. The van der Waals surface area contributed by atoms with Gasteiger partial charge in [0.05, 0.1) is 12.0 Å². The quantitative estimate of drug-likeness (QED) is 0.723. The van der Waals surface area contributed by atoms with Crippen LogP contribution in [0.5, 0.6) is 0 Å². The molecule has 140 valence electrons. The Hall–Kier alpha value is -3.35. The molecule has 1 fully saturated rings. The van der Waals surface area contributed by atoms with E-state index in [9.17, 15) is 9.18 Å². The van der Waals surface area contributed by atoms with E-state index in [-0.39, 0.29) is 17.6 Å². The number of aromatic nitrogens is 1. The first-order valence-corrected chi connectivity index (χ1v) is 9.23. The van der Waals surface area contributed by atoms with Crippen molar-refractivity contribution < 1.29 is 13.6 Å². The Labute approximate surface area is 160 Å². The van der Waals surface area contributed by atoms with Gasteiger partial charge >= 0.3 is 6.01 Å². The molecule has 28 heavy (non-hydrogen) atoms. The van der Waals surface area contributed by atoms with Gasteiger partial charge in [0.15, 0.2) is 5.58 Å².